The molecule has 2 unspecified atom stereocenters. The van der Waals surface area contributed by atoms with Gasteiger partial charge in [-0.15, -0.1) is 0 Å². The quantitative estimate of drug-likeness (QED) is 0.0384. The van der Waals surface area contributed by atoms with Crippen LogP contribution < -0.4 is 65.5 Å². The summed E-state index contributed by atoms with van der Waals surface area (Å²) in [7, 11) is 1.91. The number of nitrogens with two attached hydrogens (primary N) is 4. The van der Waals surface area contributed by atoms with E-state index in [0.29, 0.717) is 39.3 Å². The van der Waals surface area contributed by atoms with Crippen molar-refractivity contribution in [2.45, 2.75) is 113 Å². The zero-order valence-electron chi connectivity index (χ0n) is 44.2. The van der Waals surface area contributed by atoms with Gasteiger partial charge in [-0.3, -0.25) is 38.4 Å². The summed E-state index contributed by atoms with van der Waals surface area (Å²) in [6.45, 7) is 1.51. The summed E-state index contributed by atoms with van der Waals surface area (Å²) < 4.78 is 0. The average molecular weight is 1180 g/mol. The molecule has 4 aromatic carbocycles. The molecule has 0 radical (unpaired) electrons. The summed E-state index contributed by atoms with van der Waals surface area (Å²) in [5, 5.41) is 52.3. The van der Waals surface area contributed by atoms with Gasteiger partial charge in [-0.05, 0) is 103 Å². The van der Waals surface area contributed by atoms with Gasteiger partial charge in [0.05, 0.1) is 12.1 Å². The molecule has 24 nitrogen and oxygen atoms in total. The van der Waals surface area contributed by atoms with Crippen molar-refractivity contribution in [3.63, 3.8) is 0 Å². The van der Waals surface area contributed by atoms with E-state index in [2.05, 4.69) is 42.5 Å². The number of unbranched alkanes of at least 4 members (excludes halogenated alkanes) is 1. The van der Waals surface area contributed by atoms with Crippen LogP contribution in [-0.4, -0.2) is 141 Å². The van der Waals surface area contributed by atoms with Crippen LogP contribution in [0, 0.1) is 0 Å². The van der Waals surface area contributed by atoms with E-state index in [-0.39, 0.29) is 74.6 Å². The van der Waals surface area contributed by atoms with Gasteiger partial charge in [0.1, 0.15) is 53.8 Å². The van der Waals surface area contributed by atoms with Gasteiger partial charge in [0.15, 0.2) is 0 Å². The maximum atomic E-state index is 14.8. The van der Waals surface area contributed by atoms with Crippen molar-refractivity contribution in [2.24, 2.45) is 22.9 Å². The molecule has 0 aromatic heterocycles. The van der Waals surface area contributed by atoms with Crippen molar-refractivity contribution >= 4 is 86.5 Å². The Morgan fingerprint density at radius 2 is 1.14 bits per heavy atom. The molecular formula is C54H69ClN12O12S2. The van der Waals surface area contributed by atoms with Gasteiger partial charge in [-0.1, -0.05) is 93.9 Å². The van der Waals surface area contributed by atoms with Gasteiger partial charge in [0.2, 0.25) is 47.3 Å². The predicted molar refractivity (Wildman–Crippen MR) is 306 cm³/mol. The average Bonchev–Trinajstić information content (AvgIpc) is 3.44. The van der Waals surface area contributed by atoms with Crippen molar-refractivity contribution < 1.29 is 58.5 Å². The molecule has 5 rings (SSSR count). The number of rotatable bonds is 20. The van der Waals surface area contributed by atoms with Crippen LogP contribution in [0.15, 0.2) is 97.1 Å². The second-order valence-corrected chi connectivity index (χ2v) is 22.3. The molecule has 81 heavy (non-hydrogen) atoms. The Labute approximate surface area is 480 Å². The van der Waals surface area contributed by atoms with Gasteiger partial charge < -0.3 is 80.8 Å². The number of primary amides is 2. The molecule has 0 aliphatic carbocycles. The number of phenols is 2. The van der Waals surface area contributed by atoms with E-state index in [0.717, 1.165) is 21.6 Å². The highest BCUT2D eigenvalue weighted by Crippen LogP contribution is 2.24. The summed E-state index contributed by atoms with van der Waals surface area (Å²) in [4.78, 5) is 125. The lowest BCUT2D eigenvalue weighted by Gasteiger charge is -2.29. The van der Waals surface area contributed by atoms with Crippen molar-refractivity contribution in [3.05, 3.63) is 130 Å². The van der Waals surface area contributed by atoms with Gasteiger partial charge in [-0.25, -0.2) is 4.79 Å². The van der Waals surface area contributed by atoms with Crippen molar-refractivity contribution in [3.8, 4) is 11.5 Å². The second-order valence-electron chi connectivity index (χ2n) is 19.3. The van der Waals surface area contributed by atoms with Crippen molar-refractivity contribution in [1.82, 2.24) is 42.5 Å². The molecule has 1 aliphatic heterocycles. The van der Waals surface area contributed by atoms with Crippen LogP contribution in [0.4, 0.5) is 4.79 Å². The van der Waals surface area contributed by atoms with Gasteiger partial charge in [0, 0.05) is 42.3 Å². The number of aliphatic hydroxyl groups is 1. The topological polar surface area (TPSA) is 415 Å². The van der Waals surface area contributed by atoms with E-state index in [1.54, 1.807) is 48.5 Å². The number of carbonyl (C=O) groups excluding carboxylic acids is 9. The van der Waals surface area contributed by atoms with Crippen molar-refractivity contribution in [1.29, 1.82) is 0 Å². The summed E-state index contributed by atoms with van der Waals surface area (Å²) in [5.41, 5.74) is 25.9. The Kier molecular flexibility index (Phi) is 25.4. The number of aliphatic hydroxyl groups excluding tert-OH is 1. The molecule has 0 saturated carbocycles. The molecule has 1 aliphatic rings. The van der Waals surface area contributed by atoms with Crippen LogP contribution in [0.5, 0.6) is 11.5 Å². The maximum absolute atomic E-state index is 14.8. The van der Waals surface area contributed by atoms with E-state index in [9.17, 15) is 58.5 Å². The van der Waals surface area contributed by atoms with E-state index in [4.69, 9.17) is 34.5 Å². The lowest BCUT2D eigenvalue weighted by atomic mass is 10.00. The Bertz CT molecular complexity index is 2800. The number of amides is 10. The molecule has 0 bridgehead atoms. The minimum Gasteiger partial charge on any atom is -0.508 e. The number of aromatic hydroxyl groups is 2. The first kappa shape index (κ1) is 64.2. The summed E-state index contributed by atoms with van der Waals surface area (Å²) >= 11 is 6.07. The molecule has 10 amide bonds. The molecule has 0 spiro atoms. The molecule has 9 atom stereocenters. The largest absolute Gasteiger partial charge is 0.508 e. The third kappa shape index (κ3) is 21.4. The van der Waals surface area contributed by atoms with Crippen LogP contribution >= 0.6 is 33.2 Å². The Morgan fingerprint density at radius 1 is 0.642 bits per heavy atom. The fraction of sp³-hybridized carbons (Fsp3) is 0.389. The number of halogens is 1. The molecule has 19 N–H and O–H groups in total. The number of benzene rings is 4. The van der Waals surface area contributed by atoms with E-state index in [1.807, 2.05) is 0 Å². The monoisotopic (exact) mass is 1180 g/mol. The van der Waals surface area contributed by atoms with Crippen LogP contribution in [0.25, 0.3) is 0 Å². The lowest BCUT2D eigenvalue weighted by molar-refractivity contribution is -0.136. The first-order valence-electron chi connectivity index (χ1n) is 25.8. The smallest absolute Gasteiger partial charge is 0.312 e. The maximum Gasteiger partial charge on any atom is 0.312 e. The van der Waals surface area contributed by atoms with E-state index < -0.39 is 108 Å². The minimum atomic E-state index is -1.76. The first-order valence-corrected chi connectivity index (χ1v) is 28.7. The Hall–Kier alpha value is -7.62. The third-order valence-electron chi connectivity index (χ3n) is 12.8. The SMILES string of the molecule is CC(O)C1NC(=O)[C@H](CCCCN)NC(=O)[C@@H](Cc2ccc(CNC(N)=O)cc2)NC(=O)[C@H](Cc2ccc(O)cc2)NC(=O)[C@H](NC(=O)[C@@H](N)Cc2ccc(Cl)cc2)CSSC[C@@H](C(=O)N[C@H](Cc2ccc(O)cc2)C(N)=O)NC1=O. The number of nitrogens with one attached hydrogen (secondary N) is 8. The predicted octanol–water partition coefficient (Wildman–Crippen LogP) is -0.699. The van der Waals surface area contributed by atoms with Crippen LogP contribution in [0.1, 0.15) is 54.0 Å². The number of hydrogen-bond acceptors (Lipinski definition) is 16. The van der Waals surface area contributed by atoms with Crippen LogP contribution in [0.3, 0.4) is 0 Å². The molecule has 4 aromatic rings. The summed E-state index contributed by atoms with van der Waals surface area (Å²) in [5.74, 6) is -7.99. The van der Waals surface area contributed by atoms with Crippen molar-refractivity contribution in [2.75, 3.05) is 18.1 Å². The molecular weight excluding hydrogens is 1110 g/mol. The highest BCUT2D eigenvalue weighted by molar-refractivity contribution is 8.76. The van der Waals surface area contributed by atoms with Crippen LogP contribution in [0.2, 0.25) is 5.02 Å². The molecule has 27 heteroatoms. The number of carbonyl (C=O) groups is 9. The Balaban J connectivity index is 1.57. The van der Waals surface area contributed by atoms with Gasteiger partial charge in [-0.2, -0.15) is 0 Å². The van der Waals surface area contributed by atoms with Gasteiger partial charge >= 0.3 is 6.03 Å². The minimum absolute atomic E-state index is 0.0267. The molecule has 1 saturated heterocycles. The highest BCUT2D eigenvalue weighted by Gasteiger charge is 2.36. The van der Waals surface area contributed by atoms with Crippen LogP contribution in [-0.2, 0) is 70.6 Å². The number of phenolic OH excluding ortho intramolecular Hbond substituents is 2. The summed E-state index contributed by atoms with van der Waals surface area (Å²) in [6.07, 6.45) is -1.50. The molecule has 1 heterocycles. The second kappa shape index (κ2) is 32.0. The first-order chi connectivity index (χ1) is 38.6. The fourth-order valence-electron chi connectivity index (χ4n) is 8.21. The zero-order valence-corrected chi connectivity index (χ0v) is 46.6. The number of urea groups is 1. The van der Waals surface area contributed by atoms with E-state index >= 15 is 0 Å². The van der Waals surface area contributed by atoms with E-state index in [1.165, 1.54) is 55.5 Å². The lowest BCUT2D eigenvalue weighted by Crippen LogP contribution is -2.62. The standard InChI is InChI=1S/C54H69ClN12O12S2/c1-29(68)45-53(78)66-44(51(76)62-40(46(58)71)23-32-11-17-36(69)18-12-32)28-81-80-27-43(65-47(72)38(57)22-30-9-15-35(55)16-10-30)52(77)64-42(25-33-13-19-37(70)20-14-33)50(75)63-41(24-31-5-7-34(8-6-31)26-60-54(59)79)49(74)61-39(48(73)67-45)4-2-3-21-56/h5-20,29,38-45,68-70H,2-4,21-28,56-57H2,1H3,(H2,58,71)(H,61,74)(H,62,76)(H,63,75)(H,64,77)(H,65,72)(H,66,78)(H,67,73)(H3,59,60,79)/t29?,38-,39-,40+,41+,42-,43+,44-,45?/m0/s1. The Morgan fingerprint density at radius 3 is 1.69 bits per heavy atom. The molecule has 1 fully saturated rings. The normalized spacial score (nSPS) is 20.8. The third-order valence-corrected chi connectivity index (χ3v) is 15.4. The fourth-order valence-corrected chi connectivity index (χ4v) is 10.7. The molecule has 436 valence electrons. The van der Waals surface area contributed by atoms with Gasteiger partial charge in [0.25, 0.3) is 0 Å². The summed E-state index contributed by atoms with van der Waals surface area (Å²) in [6, 6.07) is 12.3. The number of hydrogen-bond donors (Lipinski definition) is 15. The highest BCUT2D eigenvalue weighted by atomic mass is 35.5. The zero-order chi connectivity index (χ0) is 59.2.